The van der Waals surface area contributed by atoms with E-state index in [1.54, 1.807) is 0 Å². The lowest BCUT2D eigenvalue weighted by atomic mass is 10.3. The van der Waals surface area contributed by atoms with Crippen molar-refractivity contribution in [2.75, 3.05) is 11.6 Å². The average molecular weight is 227 g/mol. The second-order valence-corrected chi connectivity index (χ2v) is 4.75. The van der Waals surface area contributed by atoms with Crippen molar-refractivity contribution in [1.29, 1.82) is 0 Å². The number of aromatic nitrogens is 2. The van der Waals surface area contributed by atoms with Gasteiger partial charge in [-0.2, -0.15) is 0 Å². The third-order valence-corrected chi connectivity index (χ3v) is 2.41. The SMILES string of the molecule is O=P(O)(O)CNc1nc2ccccc2[nH]1. The largest absolute Gasteiger partial charge is 0.344 e. The fourth-order valence-electron chi connectivity index (χ4n) is 1.21. The van der Waals surface area contributed by atoms with E-state index in [0.29, 0.717) is 5.95 Å². The van der Waals surface area contributed by atoms with Crippen LogP contribution in [0.5, 0.6) is 0 Å². The molecule has 4 N–H and O–H groups in total. The number of rotatable bonds is 3. The van der Waals surface area contributed by atoms with Gasteiger partial charge in [0.05, 0.1) is 11.0 Å². The molecule has 0 radical (unpaired) electrons. The predicted molar refractivity (Wildman–Crippen MR) is 56.6 cm³/mol. The number of hydrogen-bond donors (Lipinski definition) is 4. The molecule has 2 rings (SSSR count). The van der Waals surface area contributed by atoms with Crippen LogP contribution in [0.4, 0.5) is 5.95 Å². The number of fused-ring (bicyclic) bond motifs is 1. The van der Waals surface area contributed by atoms with Crippen molar-refractivity contribution < 1.29 is 14.4 Å². The molecule has 80 valence electrons. The highest BCUT2D eigenvalue weighted by atomic mass is 31.2. The molecule has 1 aromatic carbocycles. The van der Waals surface area contributed by atoms with Crippen LogP contribution in [0.15, 0.2) is 24.3 Å². The van der Waals surface area contributed by atoms with E-state index in [2.05, 4.69) is 15.3 Å². The molecular formula is C8H10N3O3P. The summed E-state index contributed by atoms with van der Waals surface area (Å²) in [5.74, 6) is 0.361. The lowest BCUT2D eigenvalue weighted by Gasteiger charge is -2.03. The molecule has 0 atom stereocenters. The highest BCUT2D eigenvalue weighted by Crippen LogP contribution is 2.33. The fourth-order valence-corrected chi connectivity index (χ4v) is 1.57. The molecule has 7 heteroatoms. The molecule has 0 bridgehead atoms. The quantitative estimate of drug-likeness (QED) is 0.589. The van der Waals surface area contributed by atoms with E-state index in [4.69, 9.17) is 9.79 Å². The minimum Gasteiger partial charge on any atom is -0.344 e. The maximum absolute atomic E-state index is 10.6. The van der Waals surface area contributed by atoms with Crippen molar-refractivity contribution in [2.24, 2.45) is 0 Å². The van der Waals surface area contributed by atoms with Crippen molar-refractivity contribution in [3.63, 3.8) is 0 Å². The number of hydrogen-bond acceptors (Lipinski definition) is 3. The Balaban J connectivity index is 2.19. The number of nitrogens with zero attached hydrogens (tertiary/aromatic N) is 1. The number of nitrogens with one attached hydrogen (secondary N) is 2. The first kappa shape index (κ1) is 10.2. The molecule has 0 spiro atoms. The van der Waals surface area contributed by atoms with Crippen LogP contribution in [-0.2, 0) is 4.57 Å². The summed E-state index contributed by atoms with van der Waals surface area (Å²) in [6.07, 6.45) is -0.424. The van der Waals surface area contributed by atoms with Crippen LogP contribution in [0.3, 0.4) is 0 Å². The summed E-state index contributed by atoms with van der Waals surface area (Å²) in [7, 11) is -4.05. The Morgan fingerprint density at radius 1 is 1.40 bits per heavy atom. The first-order valence-electron chi connectivity index (χ1n) is 4.28. The number of anilines is 1. The topological polar surface area (TPSA) is 98.2 Å². The second kappa shape index (κ2) is 3.66. The summed E-state index contributed by atoms with van der Waals surface area (Å²) in [6, 6.07) is 7.35. The zero-order chi connectivity index (χ0) is 10.9. The molecule has 2 aromatic rings. The Morgan fingerprint density at radius 3 is 2.80 bits per heavy atom. The minimum absolute atomic E-state index is 0.361. The van der Waals surface area contributed by atoms with Crippen molar-refractivity contribution in [3.05, 3.63) is 24.3 Å². The van der Waals surface area contributed by atoms with Crippen molar-refractivity contribution in [1.82, 2.24) is 9.97 Å². The van der Waals surface area contributed by atoms with Gasteiger partial charge in [0.25, 0.3) is 0 Å². The molecule has 15 heavy (non-hydrogen) atoms. The molecule has 6 nitrogen and oxygen atoms in total. The minimum atomic E-state index is -4.05. The van der Waals surface area contributed by atoms with Gasteiger partial charge in [0.15, 0.2) is 0 Å². The molecule has 0 fully saturated rings. The molecule has 0 aliphatic rings. The lowest BCUT2D eigenvalue weighted by Crippen LogP contribution is -2.03. The standard InChI is InChI=1S/C8H10N3O3P/c12-15(13,14)5-9-8-10-6-3-1-2-4-7(6)11-8/h1-4H,5H2,(H2,9,10,11)(H2,12,13,14). The van der Waals surface area contributed by atoms with Gasteiger partial charge >= 0.3 is 7.60 Å². The molecular weight excluding hydrogens is 217 g/mol. The Bertz CT molecular complexity index is 486. The first-order valence-corrected chi connectivity index (χ1v) is 6.07. The fraction of sp³-hybridized carbons (Fsp3) is 0.125. The van der Waals surface area contributed by atoms with E-state index in [9.17, 15) is 4.57 Å². The Morgan fingerprint density at radius 2 is 2.13 bits per heavy atom. The molecule has 0 saturated carbocycles. The number of para-hydroxylation sites is 2. The van der Waals surface area contributed by atoms with E-state index >= 15 is 0 Å². The van der Waals surface area contributed by atoms with Crippen molar-refractivity contribution in [3.8, 4) is 0 Å². The maximum atomic E-state index is 10.6. The van der Waals surface area contributed by atoms with Gasteiger partial charge in [-0.05, 0) is 12.1 Å². The van der Waals surface area contributed by atoms with Gasteiger partial charge < -0.3 is 20.1 Å². The third kappa shape index (κ3) is 2.56. The smallest absolute Gasteiger partial charge is 0.344 e. The predicted octanol–water partition coefficient (Wildman–Crippen LogP) is 1.11. The Hall–Kier alpha value is -1.36. The molecule has 1 heterocycles. The van der Waals surface area contributed by atoms with Crippen LogP contribution in [0.1, 0.15) is 0 Å². The molecule has 0 aliphatic heterocycles. The van der Waals surface area contributed by atoms with Gasteiger partial charge in [-0.15, -0.1) is 0 Å². The maximum Gasteiger partial charge on any atom is 0.344 e. The number of H-pyrrole nitrogens is 1. The van der Waals surface area contributed by atoms with E-state index in [-0.39, 0.29) is 0 Å². The summed E-state index contributed by atoms with van der Waals surface area (Å²) in [4.78, 5) is 24.3. The number of aromatic amines is 1. The van der Waals surface area contributed by atoms with Gasteiger partial charge in [0.2, 0.25) is 5.95 Å². The van der Waals surface area contributed by atoms with Gasteiger partial charge in [-0.3, -0.25) is 4.57 Å². The van der Waals surface area contributed by atoms with Crippen LogP contribution in [0.2, 0.25) is 0 Å². The average Bonchev–Trinajstić information content (AvgIpc) is 2.56. The summed E-state index contributed by atoms with van der Waals surface area (Å²) in [6.45, 7) is 0. The van der Waals surface area contributed by atoms with E-state index < -0.39 is 13.9 Å². The van der Waals surface area contributed by atoms with Gasteiger partial charge in [-0.25, -0.2) is 4.98 Å². The number of imidazole rings is 1. The van der Waals surface area contributed by atoms with Crippen LogP contribution in [0, 0.1) is 0 Å². The van der Waals surface area contributed by atoms with Crippen molar-refractivity contribution >= 4 is 24.6 Å². The molecule has 1 aromatic heterocycles. The van der Waals surface area contributed by atoms with Gasteiger partial charge in [-0.1, -0.05) is 12.1 Å². The number of benzene rings is 1. The Kier molecular flexibility index (Phi) is 2.48. The summed E-state index contributed by atoms with van der Waals surface area (Å²) >= 11 is 0. The lowest BCUT2D eigenvalue weighted by molar-refractivity contribution is 0.375. The Labute approximate surface area is 85.5 Å². The third-order valence-electron chi connectivity index (χ3n) is 1.84. The van der Waals surface area contributed by atoms with Crippen LogP contribution in [-0.4, -0.2) is 26.0 Å². The first-order chi connectivity index (χ1) is 7.04. The van der Waals surface area contributed by atoms with E-state index in [0.717, 1.165) is 11.0 Å². The van der Waals surface area contributed by atoms with Gasteiger partial charge in [0, 0.05) is 0 Å². The van der Waals surface area contributed by atoms with Crippen molar-refractivity contribution in [2.45, 2.75) is 0 Å². The summed E-state index contributed by atoms with van der Waals surface area (Å²) in [5, 5.41) is 2.54. The molecule has 0 unspecified atom stereocenters. The van der Waals surface area contributed by atoms with Gasteiger partial charge in [0.1, 0.15) is 6.29 Å². The highest BCUT2D eigenvalue weighted by molar-refractivity contribution is 7.51. The monoisotopic (exact) mass is 227 g/mol. The zero-order valence-corrected chi connectivity index (χ0v) is 8.61. The molecule has 0 aliphatic carbocycles. The highest BCUT2D eigenvalue weighted by Gasteiger charge is 2.12. The summed E-state index contributed by atoms with van der Waals surface area (Å²) in [5.41, 5.74) is 1.58. The summed E-state index contributed by atoms with van der Waals surface area (Å²) < 4.78 is 10.6. The molecule has 0 saturated heterocycles. The van der Waals surface area contributed by atoms with E-state index in [1.165, 1.54) is 0 Å². The van der Waals surface area contributed by atoms with Crippen LogP contribution < -0.4 is 5.32 Å². The normalized spacial score (nSPS) is 11.9. The van der Waals surface area contributed by atoms with Crippen LogP contribution in [0.25, 0.3) is 11.0 Å². The van der Waals surface area contributed by atoms with Crippen LogP contribution >= 0.6 is 7.60 Å². The second-order valence-electron chi connectivity index (χ2n) is 3.10. The zero-order valence-electron chi connectivity index (χ0n) is 7.71. The van der Waals surface area contributed by atoms with E-state index in [1.807, 2.05) is 24.3 Å². The molecule has 0 amide bonds.